The van der Waals surface area contributed by atoms with Gasteiger partial charge in [-0.3, -0.25) is 0 Å². The summed E-state index contributed by atoms with van der Waals surface area (Å²) >= 11 is 0. The van der Waals surface area contributed by atoms with Crippen LogP contribution in [0.3, 0.4) is 0 Å². The molecule has 5 unspecified atom stereocenters. The predicted molar refractivity (Wildman–Crippen MR) is 67.5 cm³/mol. The third-order valence-corrected chi connectivity index (χ3v) is 4.71. The summed E-state index contributed by atoms with van der Waals surface area (Å²) < 4.78 is 5.73. The second-order valence-corrected chi connectivity index (χ2v) is 5.87. The summed E-state index contributed by atoms with van der Waals surface area (Å²) in [5.41, 5.74) is 0. The molecule has 0 radical (unpaired) electrons. The fourth-order valence-corrected chi connectivity index (χ4v) is 3.83. The average Bonchev–Trinajstić information content (AvgIpc) is 2.67. The van der Waals surface area contributed by atoms with Crippen molar-refractivity contribution in [3.05, 3.63) is 0 Å². The van der Waals surface area contributed by atoms with Crippen molar-refractivity contribution in [2.24, 2.45) is 17.8 Å². The van der Waals surface area contributed by atoms with E-state index in [1.165, 1.54) is 32.1 Å². The second kappa shape index (κ2) is 5.50. The molecular formula is C14H27NO. The number of nitrogens with one attached hydrogen (secondary N) is 1. The molecule has 0 bridgehead atoms. The topological polar surface area (TPSA) is 21.3 Å². The lowest BCUT2D eigenvalue weighted by atomic mass is 9.73. The molecule has 1 saturated heterocycles. The zero-order valence-corrected chi connectivity index (χ0v) is 11.0. The van der Waals surface area contributed by atoms with Crippen LogP contribution in [0.2, 0.25) is 0 Å². The molecule has 16 heavy (non-hydrogen) atoms. The van der Waals surface area contributed by atoms with Crippen LogP contribution in [0.25, 0.3) is 0 Å². The maximum absolute atomic E-state index is 5.73. The lowest BCUT2D eigenvalue weighted by molar-refractivity contribution is 0.0795. The Morgan fingerprint density at radius 3 is 2.56 bits per heavy atom. The molecule has 1 N–H and O–H groups in total. The Morgan fingerprint density at radius 2 is 2.00 bits per heavy atom. The van der Waals surface area contributed by atoms with Gasteiger partial charge in [-0.25, -0.2) is 0 Å². The molecule has 0 aromatic heterocycles. The summed E-state index contributed by atoms with van der Waals surface area (Å²) in [6, 6.07) is 0.681. The van der Waals surface area contributed by atoms with Crippen molar-refractivity contribution >= 4 is 0 Å². The molecule has 1 saturated carbocycles. The van der Waals surface area contributed by atoms with E-state index in [4.69, 9.17) is 4.74 Å². The number of hydrogen-bond donors (Lipinski definition) is 1. The van der Waals surface area contributed by atoms with E-state index in [1.54, 1.807) is 0 Å². The van der Waals surface area contributed by atoms with Gasteiger partial charge in [0.15, 0.2) is 0 Å². The van der Waals surface area contributed by atoms with Crippen LogP contribution in [0.1, 0.15) is 46.0 Å². The van der Waals surface area contributed by atoms with E-state index >= 15 is 0 Å². The highest BCUT2D eigenvalue weighted by Crippen LogP contribution is 2.36. The van der Waals surface area contributed by atoms with Gasteiger partial charge in [0.05, 0.1) is 6.10 Å². The van der Waals surface area contributed by atoms with Gasteiger partial charge >= 0.3 is 0 Å². The van der Waals surface area contributed by atoms with Gasteiger partial charge in [0.2, 0.25) is 0 Å². The molecule has 5 atom stereocenters. The summed E-state index contributed by atoms with van der Waals surface area (Å²) in [4.78, 5) is 0. The van der Waals surface area contributed by atoms with Crippen LogP contribution in [-0.4, -0.2) is 25.8 Å². The van der Waals surface area contributed by atoms with E-state index in [1.807, 2.05) is 0 Å². The van der Waals surface area contributed by atoms with Crippen LogP contribution < -0.4 is 5.32 Å². The Morgan fingerprint density at radius 1 is 1.19 bits per heavy atom. The fourth-order valence-electron chi connectivity index (χ4n) is 3.83. The molecule has 2 rings (SSSR count). The summed E-state index contributed by atoms with van der Waals surface area (Å²) in [6.45, 7) is 5.62. The Hall–Kier alpha value is -0.0800. The Balaban J connectivity index is 1.97. The van der Waals surface area contributed by atoms with E-state index < -0.39 is 0 Å². The van der Waals surface area contributed by atoms with Gasteiger partial charge in [-0.15, -0.1) is 0 Å². The van der Waals surface area contributed by atoms with Gasteiger partial charge in [0.1, 0.15) is 0 Å². The molecule has 2 heteroatoms. The van der Waals surface area contributed by atoms with Gasteiger partial charge in [-0.1, -0.05) is 19.8 Å². The summed E-state index contributed by atoms with van der Waals surface area (Å²) in [6.07, 6.45) is 7.38. The Kier molecular flexibility index (Phi) is 4.26. The standard InChI is InChI=1S/C14H27NO/c1-10-5-4-6-12(9-10)14(15-3)13-7-8-16-11(13)2/h10-15H,4-9H2,1-3H3. The minimum absolute atomic E-state index is 0.453. The first kappa shape index (κ1) is 12.4. The average molecular weight is 225 g/mol. The second-order valence-electron chi connectivity index (χ2n) is 5.87. The maximum atomic E-state index is 5.73. The summed E-state index contributed by atoms with van der Waals surface area (Å²) in [5, 5.41) is 3.58. The third kappa shape index (κ3) is 2.60. The van der Waals surface area contributed by atoms with Crippen LogP contribution >= 0.6 is 0 Å². The first-order valence-electron chi connectivity index (χ1n) is 7.01. The highest BCUT2D eigenvalue weighted by molar-refractivity contribution is 4.90. The molecule has 1 heterocycles. The summed E-state index contributed by atoms with van der Waals surface area (Å²) in [7, 11) is 2.13. The first-order chi connectivity index (χ1) is 7.72. The molecule has 0 aromatic rings. The molecule has 1 aliphatic carbocycles. The van der Waals surface area contributed by atoms with Gasteiger partial charge < -0.3 is 10.1 Å². The van der Waals surface area contributed by atoms with E-state index in [-0.39, 0.29) is 0 Å². The number of ether oxygens (including phenoxy) is 1. The molecule has 2 aliphatic rings. The van der Waals surface area contributed by atoms with Crippen molar-refractivity contribution < 1.29 is 4.74 Å². The molecule has 94 valence electrons. The Bertz CT molecular complexity index is 219. The normalized spacial score (nSPS) is 42.2. The maximum Gasteiger partial charge on any atom is 0.0590 e. The molecule has 0 spiro atoms. The molecule has 2 fully saturated rings. The number of rotatable bonds is 3. The zero-order valence-electron chi connectivity index (χ0n) is 11.0. The first-order valence-corrected chi connectivity index (χ1v) is 7.01. The van der Waals surface area contributed by atoms with Gasteiger partial charge in [-0.05, 0) is 45.1 Å². The van der Waals surface area contributed by atoms with Crippen molar-refractivity contribution in [1.29, 1.82) is 0 Å². The minimum Gasteiger partial charge on any atom is -0.378 e. The molecule has 0 amide bonds. The van der Waals surface area contributed by atoms with E-state index in [2.05, 4.69) is 26.2 Å². The predicted octanol–water partition coefficient (Wildman–Crippen LogP) is 2.83. The van der Waals surface area contributed by atoms with E-state index in [9.17, 15) is 0 Å². The van der Waals surface area contributed by atoms with E-state index in [0.717, 1.165) is 24.4 Å². The van der Waals surface area contributed by atoms with Gasteiger partial charge in [0, 0.05) is 18.6 Å². The molecule has 0 aromatic carbocycles. The smallest absolute Gasteiger partial charge is 0.0590 e. The molecular weight excluding hydrogens is 198 g/mol. The molecule has 1 aliphatic heterocycles. The lowest BCUT2D eigenvalue weighted by Gasteiger charge is -2.37. The van der Waals surface area contributed by atoms with Gasteiger partial charge in [0.25, 0.3) is 0 Å². The van der Waals surface area contributed by atoms with Crippen molar-refractivity contribution in [3.63, 3.8) is 0 Å². The van der Waals surface area contributed by atoms with Crippen molar-refractivity contribution in [1.82, 2.24) is 5.32 Å². The van der Waals surface area contributed by atoms with Crippen molar-refractivity contribution in [2.75, 3.05) is 13.7 Å². The largest absolute Gasteiger partial charge is 0.378 e. The zero-order chi connectivity index (χ0) is 11.5. The number of hydrogen-bond acceptors (Lipinski definition) is 2. The van der Waals surface area contributed by atoms with Crippen LogP contribution in [0.5, 0.6) is 0 Å². The highest BCUT2D eigenvalue weighted by atomic mass is 16.5. The SMILES string of the molecule is CNC(C1CCCC(C)C1)C1CCOC1C. The quantitative estimate of drug-likeness (QED) is 0.797. The Labute approximate surface area is 100 Å². The van der Waals surface area contributed by atoms with Gasteiger partial charge in [-0.2, -0.15) is 0 Å². The van der Waals surface area contributed by atoms with Crippen LogP contribution in [0.4, 0.5) is 0 Å². The summed E-state index contributed by atoms with van der Waals surface area (Å²) in [5.74, 6) is 2.54. The highest BCUT2D eigenvalue weighted by Gasteiger charge is 2.36. The van der Waals surface area contributed by atoms with Crippen LogP contribution in [-0.2, 0) is 4.74 Å². The van der Waals surface area contributed by atoms with Crippen LogP contribution in [0.15, 0.2) is 0 Å². The lowest BCUT2D eigenvalue weighted by Crippen LogP contribution is -2.44. The molecule has 2 nitrogen and oxygen atoms in total. The van der Waals surface area contributed by atoms with Crippen molar-refractivity contribution in [3.8, 4) is 0 Å². The minimum atomic E-state index is 0.453. The van der Waals surface area contributed by atoms with Crippen molar-refractivity contribution in [2.45, 2.75) is 58.1 Å². The monoisotopic (exact) mass is 225 g/mol. The fraction of sp³-hybridized carbons (Fsp3) is 1.00. The van der Waals surface area contributed by atoms with Crippen LogP contribution in [0, 0.1) is 17.8 Å². The van der Waals surface area contributed by atoms with E-state index in [0.29, 0.717) is 12.1 Å². The third-order valence-electron chi connectivity index (χ3n) is 4.71.